The average Bonchev–Trinajstić information content (AvgIpc) is 3.64. The molecule has 0 amide bonds. The number of carboxylic acids is 1. The number of carbonyl (C=O) groups excluding carboxylic acids is 1. The summed E-state index contributed by atoms with van der Waals surface area (Å²) < 4.78 is 30.5. The summed E-state index contributed by atoms with van der Waals surface area (Å²) in [6, 6.07) is 3.87. The fourth-order valence-corrected chi connectivity index (χ4v) is 5.23. The van der Waals surface area contributed by atoms with Crippen molar-refractivity contribution >= 4 is 34.0 Å². The van der Waals surface area contributed by atoms with Gasteiger partial charge in [-0.25, -0.2) is 9.59 Å². The van der Waals surface area contributed by atoms with Gasteiger partial charge in [-0.15, -0.1) is 0 Å². The first-order chi connectivity index (χ1) is 21.6. The van der Waals surface area contributed by atoms with Crippen LogP contribution in [0.25, 0.3) is 22.1 Å². The molecule has 14 nitrogen and oxygen atoms in total. The number of hydrogen-bond donors (Lipinski definition) is 1. The summed E-state index contributed by atoms with van der Waals surface area (Å²) in [5.41, 5.74) is 1.46. The van der Waals surface area contributed by atoms with Gasteiger partial charge in [-0.3, -0.25) is 9.36 Å². The van der Waals surface area contributed by atoms with Crippen molar-refractivity contribution in [2.24, 2.45) is 0 Å². The molecule has 4 aromatic heterocycles. The minimum Gasteiger partial charge on any atom is -0.477 e. The Balaban J connectivity index is 0.000000178. The van der Waals surface area contributed by atoms with Crippen molar-refractivity contribution in [1.29, 1.82) is 0 Å². The third-order valence-electron chi connectivity index (χ3n) is 7.42. The zero-order chi connectivity index (χ0) is 32.1. The molecule has 0 radical (unpaired) electrons. The number of aromatic carboxylic acids is 1. The third kappa shape index (κ3) is 7.68. The second-order valence-corrected chi connectivity index (χ2v) is 11.5. The molecule has 2 saturated heterocycles. The van der Waals surface area contributed by atoms with E-state index in [0.717, 1.165) is 57.5 Å². The number of pyridine rings is 2. The van der Waals surface area contributed by atoms with Crippen LogP contribution < -0.4 is 9.47 Å². The number of carbonyl (C=O) groups is 2. The van der Waals surface area contributed by atoms with E-state index in [2.05, 4.69) is 20.2 Å². The largest absolute Gasteiger partial charge is 0.477 e. The van der Waals surface area contributed by atoms with Crippen LogP contribution in [0.4, 0.5) is 0 Å². The summed E-state index contributed by atoms with van der Waals surface area (Å²) in [5, 5.41) is 19.9. The highest BCUT2D eigenvalue weighted by molar-refractivity contribution is 5.96. The Hall–Kier alpha value is -4.30. The van der Waals surface area contributed by atoms with E-state index in [9.17, 15) is 14.7 Å². The predicted molar refractivity (Wildman–Crippen MR) is 163 cm³/mol. The molecule has 0 spiro atoms. The number of aromatic nitrogens is 6. The molecule has 6 rings (SSSR count). The van der Waals surface area contributed by atoms with Crippen LogP contribution in [0.15, 0.2) is 24.5 Å². The molecule has 0 aromatic carbocycles. The van der Waals surface area contributed by atoms with Crippen LogP contribution in [0.3, 0.4) is 0 Å². The van der Waals surface area contributed by atoms with Crippen molar-refractivity contribution in [3.05, 3.63) is 35.7 Å². The average molecular weight is 625 g/mol. The van der Waals surface area contributed by atoms with E-state index < -0.39 is 11.9 Å². The number of ether oxygens (including phenoxy) is 5. The van der Waals surface area contributed by atoms with Gasteiger partial charge in [0.1, 0.15) is 11.1 Å². The molecule has 14 heteroatoms. The molecule has 2 aliphatic rings. The Labute approximate surface area is 260 Å². The fraction of sp³-hybridized carbons (Fsp3) is 0.548. The summed E-state index contributed by atoms with van der Waals surface area (Å²) in [5.74, 6) is -1.14. The smallest absolute Gasteiger partial charge is 0.343 e. The van der Waals surface area contributed by atoms with E-state index in [1.807, 2.05) is 49.5 Å². The Morgan fingerprint density at radius 1 is 0.778 bits per heavy atom. The van der Waals surface area contributed by atoms with Gasteiger partial charge in [0.2, 0.25) is 11.8 Å². The third-order valence-corrected chi connectivity index (χ3v) is 7.42. The fourth-order valence-electron chi connectivity index (χ4n) is 5.23. The van der Waals surface area contributed by atoms with Gasteiger partial charge in [0.05, 0.1) is 31.4 Å². The van der Waals surface area contributed by atoms with Crippen LogP contribution in [0.1, 0.15) is 86.2 Å². The molecule has 0 atom stereocenters. The molecule has 1 N–H and O–H groups in total. The van der Waals surface area contributed by atoms with Crippen LogP contribution in [-0.2, 0) is 14.2 Å². The molecular formula is C31H40N6O8. The predicted octanol–water partition coefficient (Wildman–Crippen LogP) is 4.62. The lowest BCUT2D eigenvalue weighted by Gasteiger charge is -2.21. The Morgan fingerprint density at radius 2 is 1.20 bits per heavy atom. The molecule has 0 saturated carbocycles. The number of hydrogen-bond acceptors (Lipinski definition) is 11. The summed E-state index contributed by atoms with van der Waals surface area (Å²) in [7, 11) is 1.34. The first-order valence-electron chi connectivity index (χ1n) is 15.2. The van der Waals surface area contributed by atoms with E-state index in [0.29, 0.717) is 28.3 Å². The Morgan fingerprint density at radius 3 is 1.60 bits per heavy atom. The van der Waals surface area contributed by atoms with E-state index in [1.165, 1.54) is 7.11 Å². The first kappa shape index (κ1) is 32.1. The minimum absolute atomic E-state index is 0.0627. The normalized spacial score (nSPS) is 16.2. The number of rotatable bonds is 8. The van der Waals surface area contributed by atoms with Gasteiger partial charge in [0.15, 0.2) is 11.3 Å². The molecule has 45 heavy (non-hydrogen) atoms. The lowest BCUT2D eigenvalue weighted by molar-refractivity contribution is 0.0592. The molecule has 4 aromatic rings. The molecule has 0 aliphatic carbocycles. The van der Waals surface area contributed by atoms with Crippen molar-refractivity contribution in [1.82, 2.24) is 29.5 Å². The summed E-state index contributed by atoms with van der Waals surface area (Å²) in [4.78, 5) is 32.1. The quantitative estimate of drug-likeness (QED) is 0.271. The van der Waals surface area contributed by atoms with Crippen molar-refractivity contribution < 1.29 is 38.4 Å². The van der Waals surface area contributed by atoms with Gasteiger partial charge in [0, 0.05) is 49.6 Å². The van der Waals surface area contributed by atoms with E-state index in [4.69, 9.17) is 23.7 Å². The standard InChI is InChI=1S/C16H21N3O4.C15H19N3O4/c1-10(2)23-15-13(16(20)21-3)8-11-9-19(18-14(11)17-15)12-4-6-22-7-5-12;1-9(2)22-14-12(15(19)20)7-10-8-18(17-13(10)16-14)11-3-5-21-6-4-11/h8-10,12H,4-7H2,1-3H3;7-9,11H,3-6H2,1-2H3,(H,19,20). The molecular weight excluding hydrogens is 584 g/mol. The van der Waals surface area contributed by atoms with Crippen LogP contribution >= 0.6 is 0 Å². The number of fused-ring (bicyclic) bond motifs is 2. The SMILES string of the molecule is CC(C)Oc1nc2nn(C3CCOCC3)cc2cc1C(=O)O.COC(=O)c1cc2cn(C3CCOCC3)nc2nc1OC(C)C. The minimum atomic E-state index is -1.05. The lowest BCUT2D eigenvalue weighted by Crippen LogP contribution is -2.19. The van der Waals surface area contributed by atoms with Crippen LogP contribution in [0, 0.1) is 0 Å². The topological polar surface area (TPSA) is 162 Å². The highest BCUT2D eigenvalue weighted by atomic mass is 16.5. The maximum atomic E-state index is 12.0. The van der Waals surface area contributed by atoms with Crippen molar-refractivity contribution in [2.75, 3.05) is 33.5 Å². The van der Waals surface area contributed by atoms with Gasteiger partial charge < -0.3 is 28.8 Å². The zero-order valence-corrected chi connectivity index (χ0v) is 26.3. The summed E-state index contributed by atoms with van der Waals surface area (Å²) >= 11 is 0. The summed E-state index contributed by atoms with van der Waals surface area (Å²) in [6.07, 6.45) is 7.17. The number of methoxy groups -OCH3 is 1. The van der Waals surface area contributed by atoms with Crippen molar-refractivity contribution in [2.45, 2.75) is 77.7 Å². The lowest BCUT2D eigenvalue weighted by atomic mass is 10.1. The van der Waals surface area contributed by atoms with Crippen molar-refractivity contribution in [3.63, 3.8) is 0 Å². The molecule has 0 unspecified atom stereocenters. The number of nitrogens with zero attached hydrogens (tertiary/aromatic N) is 6. The second-order valence-electron chi connectivity index (χ2n) is 11.5. The molecule has 0 bridgehead atoms. The van der Waals surface area contributed by atoms with Crippen LogP contribution in [0.5, 0.6) is 11.8 Å². The first-order valence-corrected chi connectivity index (χ1v) is 15.2. The van der Waals surface area contributed by atoms with Gasteiger partial charge in [-0.2, -0.15) is 20.2 Å². The van der Waals surface area contributed by atoms with E-state index >= 15 is 0 Å². The van der Waals surface area contributed by atoms with E-state index in [-0.39, 0.29) is 35.6 Å². The van der Waals surface area contributed by atoms with Gasteiger partial charge in [-0.05, 0) is 65.5 Å². The molecule has 2 fully saturated rings. The van der Waals surface area contributed by atoms with Gasteiger partial charge >= 0.3 is 11.9 Å². The van der Waals surface area contributed by atoms with Crippen LogP contribution in [0.2, 0.25) is 0 Å². The maximum absolute atomic E-state index is 12.0. The highest BCUT2D eigenvalue weighted by Gasteiger charge is 2.23. The monoisotopic (exact) mass is 624 g/mol. The highest BCUT2D eigenvalue weighted by Crippen LogP contribution is 2.28. The maximum Gasteiger partial charge on any atom is 0.343 e. The molecule has 242 valence electrons. The summed E-state index contributed by atoms with van der Waals surface area (Å²) in [6.45, 7) is 10.3. The number of esters is 1. The molecule has 6 heterocycles. The van der Waals surface area contributed by atoms with E-state index in [1.54, 1.807) is 12.1 Å². The van der Waals surface area contributed by atoms with Crippen LogP contribution in [-0.4, -0.2) is 92.3 Å². The zero-order valence-electron chi connectivity index (χ0n) is 26.3. The Kier molecular flexibility index (Phi) is 10.1. The van der Waals surface area contributed by atoms with Gasteiger partial charge in [-0.1, -0.05) is 0 Å². The number of carboxylic acid groups (broad SMARTS) is 1. The molecule has 2 aliphatic heterocycles. The van der Waals surface area contributed by atoms with Crippen molar-refractivity contribution in [3.8, 4) is 11.8 Å². The van der Waals surface area contributed by atoms with Gasteiger partial charge in [0.25, 0.3) is 0 Å². The second kappa shape index (κ2) is 14.2. The Bertz CT molecular complexity index is 1640.